The van der Waals surface area contributed by atoms with E-state index in [-0.39, 0.29) is 13.6 Å². The summed E-state index contributed by atoms with van der Waals surface area (Å²) >= 11 is 0. The van der Waals surface area contributed by atoms with Crippen LogP contribution in [-0.2, 0) is 46.7 Å². The van der Waals surface area contributed by atoms with Crippen molar-refractivity contribution in [2.45, 2.75) is 13.1 Å². The van der Waals surface area contributed by atoms with E-state index in [1.807, 2.05) is 0 Å². The van der Waals surface area contributed by atoms with E-state index in [0.29, 0.717) is 91.7 Å². The molecule has 2 unspecified atom stereocenters. The quantitative estimate of drug-likeness (QED) is 0.515. The fourth-order valence-electron chi connectivity index (χ4n) is 2.76. The van der Waals surface area contributed by atoms with Crippen molar-refractivity contribution in [1.29, 1.82) is 0 Å². The van der Waals surface area contributed by atoms with Gasteiger partial charge in [-0.1, -0.05) is 11.4 Å². The minimum atomic E-state index is -2.37. The fraction of sp³-hybridized carbons (Fsp3) is 0.900. The third-order valence-corrected chi connectivity index (χ3v) is 9.93. The van der Waals surface area contributed by atoms with Crippen LogP contribution in [0.15, 0.2) is 11.4 Å². The van der Waals surface area contributed by atoms with E-state index in [2.05, 4.69) is 24.5 Å². The lowest BCUT2D eigenvalue weighted by Crippen LogP contribution is -2.44. The number of ether oxygens (including phenoxy) is 8. The summed E-state index contributed by atoms with van der Waals surface area (Å²) in [5, 5.41) is 0. The molecule has 2 heterocycles. The monoisotopic (exact) mass is 496 g/mol. The van der Waals surface area contributed by atoms with Crippen molar-refractivity contribution in [2.24, 2.45) is 0 Å². The maximum Gasteiger partial charge on any atom is 0.241 e. The highest BCUT2D eigenvalue weighted by Gasteiger charge is 2.32. The van der Waals surface area contributed by atoms with Crippen molar-refractivity contribution in [1.82, 2.24) is 0 Å². The molecule has 2 fully saturated rings. The summed E-state index contributed by atoms with van der Waals surface area (Å²) in [6.45, 7) is 10.8. The molecule has 0 amide bonds. The molecule has 2 aliphatic rings. The van der Waals surface area contributed by atoms with Gasteiger partial charge in [-0.2, -0.15) is 0 Å². The maximum absolute atomic E-state index is 6.14. The van der Waals surface area contributed by atoms with Crippen molar-refractivity contribution in [3.63, 3.8) is 0 Å². The Hall–Kier alpha value is -0.226. The Morgan fingerprint density at radius 1 is 0.406 bits per heavy atom. The average Bonchev–Trinajstić information content (AvgIpc) is 2.78. The lowest BCUT2D eigenvalue weighted by atomic mass is 10.7. The first-order valence-electron chi connectivity index (χ1n) is 11.2. The summed E-state index contributed by atoms with van der Waals surface area (Å²) in [5.41, 5.74) is 4.25. The van der Waals surface area contributed by atoms with E-state index < -0.39 is 16.6 Å². The highest BCUT2D eigenvalue weighted by atomic mass is 28.4. The van der Waals surface area contributed by atoms with Crippen LogP contribution in [0.5, 0.6) is 0 Å². The molecule has 0 aromatic carbocycles. The zero-order chi connectivity index (χ0) is 22.8. The second kappa shape index (κ2) is 17.2. The first kappa shape index (κ1) is 28.0. The molecule has 10 nitrogen and oxygen atoms in total. The third-order valence-electron chi connectivity index (χ3n) is 4.74. The van der Waals surface area contributed by atoms with E-state index in [0.717, 1.165) is 0 Å². The standard InChI is InChI=1S/C20H40O10Si2/c1-31(19-27-13-9-23-5-3-21-7-11-25-17-29-31)15-16-32(2)20-28-14-10-24-6-4-22-8-12-26-18-30-32/h15-16H,3-14,17-20H2,1-2H3. The van der Waals surface area contributed by atoms with Crippen LogP contribution >= 0.6 is 0 Å². The van der Waals surface area contributed by atoms with E-state index >= 15 is 0 Å². The Labute approximate surface area is 193 Å². The van der Waals surface area contributed by atoms with Crippen LogP contribution in [0.3, 0.4) is 0 Å². The predicted octanol–water partition coefficient (Wildman–Crippen LogP) is 0.958. The lowest BCUT2D eigenvalue weighted by Gasteiger charge is -2.28. The summed E-state index contributed by atoms with van der Waals surface area (Å²) in [4.78, 5) is 0. The van der Waals surface area contributed by atoms with E-state index in [1.54, 1.807) is 0 Å². The van der Waals surface area contributed by atoms with Crippen molar-refractivity contribution in [3.05, 3.63) is 11.4 Å². The van der Waals surface area contributed by atoms with Gasteiger partial charge in [0.2, 0.25) is 16.6 Å². The molecule has 32 heavy (non-hydrogen) atoms. The van der Waals surface area contributed by atoms with Gasteiger partial charge in [0.25, 0.3) is 0 Å². The Kier molecular flexibility index (Phi) is 15.1. The molecule has 188 valence electrons. The Bertz CT molecular complexity index is 427. The highest BCUT2D eigenvalue weighted by Crippen LogP contribution is 2.15. The van der Waals surface area contributed by atoms with Crippen molar-refractivity contribution < 1.29 is 46.7 Å². The second-order valence-corrected chi connectivity index (χ2v) is 14.9. The summed E-state index contributed by atoms with van der Waals surface area (Å²) in [6, 6.07) is 0. The van der Waals surface area contributed by atoms with Gasteiger partial charge in [-0.3, -0.25) is 0 Å². The molecule has 0 saturated carbocycles. The zero-order valence-corrected chi connectivity index (χ0v) is 21.6. The number of hydrogen-bond donors (Lipinski definition) is 0. The van der Waals surface area contributed by atoms with Crippen LogP contribution in [0, 0.1) is 0 Å². The first-order valence-corrected chi connectivity index (χ1v) is 16.6. The molecule has 0 aliphatic carbocycles. The lowest BCUT2D eigenvalue weighted by molar-refractivity contribution is -0.0410. The molecule has 2 atom stereocenters. The smallest absolute Gasteiger partial charge is 0.241 e. The van der Waals surface area contributed by atoms with Crippen LogP contribution in [0.2, 0.25) is 13.1 Å². The van der Waals surface area contributed by atoms with Crippen molar-refractivity contribution in [3.8, 4) is 0 Å². The molecule has 0 aromatic rings. The molecule has 0 bridgehead atoms. The summed E-state index contributed by atoms with van der Waals surface area (Å²) < 4.78 is 57.0. The average molecular weight is 497 g/mol. The summed E-state index contributed by atoms with van der Waals surface area (Å²) in [5.74, 6) is 0. The van der Waals surface area contributed by atoms with Gasteiger partial charge in [-0.25, -0.2) is 0 Å². The van der Waals surface area contributed by atoms with Gasteiger partial charge in [0.1, 0.15) is 13.6 Å². The van der Waals surface area contributed by atoms with Crippen LogP contribution in [-0.4, -0.2) is 122 Å². The van der Waals surface area contributed by atoms with Gasteiger partial charge in [-0.05, 0) is 13.1 Å². The van der Waals surface area contributed by atoms with Crippen LogP contribution in [0.4, 0.5) is 0 Å². The Morgan fingerprint density at radius 2 is 0.688 bits per heavy atom. The minimum Gasteiger partial charge on any atom is -0.389 e. The van der Waals surface area contributed by atoms with Crippen LogP contribution < -0.4 is 0 Å². The molecule has 2 rings (SSSR count). The Morgan fingerprint density at radius 3 is 1.03 bits per heavy atom. The van der Waals surface area contributed by atoms with Gasteiger partial charge in [0.15, 0.2) is 0 Å². The summed E-state index contributed by atoms with van der Waals surface area (Å²) in [6.07, 6.45) is 0.999. The SMILES string of the molecule is C[Si]1(C=C[Si]2(C)COCCOCCOCCOCO2)COCCOCCOCCOCO1. The molecular formula is C20H40O10Si2. The van der Waals surface area contributed by atoms with E-state index in [1.165, 1.54) is 0 Å². The molecular weight excluding hydrogens is 456 g/mol. The normalized spacial score (nSPS) is 32.7. The number of hydrogen-bond acceptors (Lipinski definition) is 10. The Balaban J connectivity index is 1.95. The highest BCUT2D eigenvalue weighted by molar-refractivity contribution is 6.83. The van der Waals surface area contributed by atoms with Gasteiger partial charge < -0.3 is 46.7 Å². The number of rotatable bonds is 2. The van der Waals surface area contributed by atoms with Gasteiger partial charge in [-0.15, -0.1) is 0 Å². The van der Waals surface area contributed by atoms with E-state index in [9.17, 15) is 0 Å². The topological polar surface area (TPSA) is 92.3 Å². The fourth-order valence-corrected chi connectivity index (χ4v) is 7.94. The van der Waals surface area contributed by atoms with Crippen molar-refractivity contribution >= 4 is 16.6 Å². The molecule has 0 spiro atoms. The molecule has 0 aromatic heterocycles. The predicted molar refractivity (Wildman–Crippen MR) is 121 cm³/mol. The van der Waals surface area contributed by atoms with E-state index in [4.69, 9.17) is 46.7 Å². The molecule has 0 N–H and O–H groups in total. The first-order chi connectivity index (χ1) is 15.6. The molecule has 12 heteroatoms. The largest absolute Gasteiger partial charge is 0.389 e. The molecule has 2 aliphatic heterocycles. The van der Waals surface area contributed by atoms with Crippen LogP contribution in [0.1, 0.15) is 0 Å². The van der Waals surface area contributed by atoms with Gasteiger partial charge in [0, 0.05) is 0 Å². The zero-order valence-electron chi connectivity index (χ0n) is 19.6. The molecule has 0 radical (unpaired) electrons. The summed E-state index contributed by atoms with van der Waals surface area (Å²) in [7, 11) is -4.73. The van der Waals surface area contributed by atoms with Crippen molar-refractivity contribution in [2.75, 3.05) is 105 Å². The van der Waals surface area contributed by atoms with Crippen LogP contribution in [0.25, 0.3) is 0 Å². The minimum absolute atomic E-state index is 0.201. The molecule has 2 saturated heterocycles. The van der Waals surface area contributed by atoms with Gasteiger partial charge >= 0.3 is 0 Å². The van der Waals surface area contributed by atoms with Gasteiger partial charge in [0.05, 0.1) is 91.7 Å². The third kappa shape index (κ3) is 13.5. The maximum atomic E-state index is 6.14. The second-order valence-electron chi connectivity index (χ2n) is 7.85.